The van der Waals surface area contributed by atoms with Crippen molar-refractivity contribution < 1.29 is 19.2 Å². The van der Waals surface area contributed by atoms with Crippen molar-refractivity contribution >= 4 is 41.3 Å². The van der Waals surface area contributed by atoms with E-state index in [1.54, 1.807) is 53.4 Å². The predicted molar refractivity (Wildman–Crippen MR) is 135 cm³/mol. The molecule has 0 saturated heterocycles. The molecule has 0 unspecified atom stereocenters. The van der Waals surface area contributed by atoms with E-state index < -0.39 is 11.8 Å². The molecule has 0 spiro atoms. The molecule has 0 fully saturated rings. The van der Waals surface area contributed by atoms with Crippen molar-refractivity contribution in [3.63, 3.8) is 0 Å². The fraction of sp³-hybridized carbons (Fsp3) is 0.348. The fourth-order valence-corrected chi connectivity index (χ4v) is 3.59. The van der Waals surface area contributed by atoms with Crippen LogP contribution in [0.1, 0.15) is 38.0 Å². The maximum absolute atomic E-state index is 12.9. The minimum absolute atomic E-state index is 0.181. The number of anilines is 3. The van der Waals surface area contributed by atoms with E-state index in [4.69, 9.17) is 0 Å². The average molecular weight is 498 g/mol. The van der Waals surface area contributed by atoms with Gasteiger partial charge in [-0.15, -0.1) is 0 Å². The van der Waals surface area contributed by atoms with Gasteiger partial charge in [-0.05, 0) is 39.2 Å². The monoisotopic (exact) mass is 497 g/mol. The lowest BCUT2D eigenvalue weighted by Gasteiger charge is -2.09. The van der Waals surface area contributed by atoms with Gasteiger partial charge in [-0.25, -0.2) is 4.98 Å². The molecule has 4 N–H and O–H groups in total. The van der Waals surface area contributed by atoms with Gasteiger partial charge in [0, 0.05) is 46.3 Å². The molecule has 3 aromatic heterocycles. The fourth-order valence-electron chi connectivity index (χ4n) is 3.59. The molecule has 0 atom stereocenters. The number of hydrogen-bond acceptors (Lipinski definition) is 6. The van der Waals surface area contributed by atoms with Crippen LogP contribution in [0.25, 0.3) is 0 Å². The molecular formula is C23H31N9O4. The Labute approximate surface area is 208 Å². The van der Waals surface area contributed by atoms with E-state index in [1.165, 1.54) is 12.1 Å². The molecule has 3 rings (SSSR count). The maximum Gasteiger partial charge on any atom is 0.287 e. The molecule has 192 valence electrons. The third-order valence-corrected chi connectivity index (χ3v) is 5.35. The highest BCUT2D eigenvalue weighted by atomic mass is 16.2. The molecule has 13 nitrogen and oxygen atoms in total. The first-order valence-corrected chi connectivity index (χ1v) is 11.2. The minimum Gasteiger partial charge on any atom is -0.349 e. The summed E-state index contributed by atoms with van der Waals surface area (Å²) in [5, 5.41) is 10.7. The van der Waals surface area contributed by atoms with Crippen LogP contribution in [-0.2, 0) is 25.9 Å². The van der Waals surface area contributed by atoms with E-state index in [2.05, 4.69) is 26.3 Å². The van der Waals surface area contributed by atoms with Gasteiger partial charge in [-0.3, -0.25) is 19.2 Å². The summed E-state index contributed by atoms with van der Waals surface area (Å²) < 4.78 is 4.69. The number of nitrogens with zero attached hydrogens (tertiary/aromatic N) is 5. The Morgan fingerprint density at radius 1 is 0.889 bits per heavy atom. The molecule has 0 aliphatic rings. The zero-order chi connectivity index (χ0) is 26.4. The number of aromatic nitrogens is 4. The zero-order valence-corrected chi connectivity index (χ0v) is 21.0. The van der Waals surface area contributed by atoms with Crippen molar-refractivity contribution in [1.82, 2.24) is 28.9 Å². The van der Waals surface area contributed by atoms with Crippen molar-refractivity contribution in [3.8, 4) is 0 Å². The molecule has 3 aromatic rings. The number of nitrogens with one attached hydrogen (secondary N) is 4. The van der Waals surface area contributed by atoms with E-state index in [0.29, 0.717) is 30.0 Å². The maximum atomic E-state index is 12.9. The van der Waals surface area contributed by atoms with Gasteiger partial charge in [0.05, 0.1) is 11.4 Å². The Hall–Kier alpha value is -4.39. The Bertz CT molecular complexity index is 1270. The number of amides is 4. The number of rotatable bonds is 11. The van der Waals surface area contributed by atoms with Crippen molar-refractivity contribution in [3.05, 3.63) is 47.9 Å². The molecule has 36 heavy (non-hydrogen) atoms. The normalized spacial score (nSPS) is 10.8. The lowest BCUT2D eigenvalue weighted by atomic mass is 10.3. The molecular weight excluding hydrogens is 466 g/mol. The Balaban J connectivity index is 1.63. The summed E-state index contributed by atoms with van der Waals surface area (Å²) in [6, 6.07) is 3.07. The second-order valence-electron chi connectivity index (χ2n) is 8.59. The molecule has 3 heterocycles. The summed E-state index contributed by atoms with van der Waals surface area (Å²) in [6.45, 7) is 1.37. The molecule has 4 amide bonds. The van der Waals surface area contributed by atoms with Gasteiger partial charge in [0.1, 0.15) is 11.4 Å². The number of imidazole rings is 1. The van der Waals surface area contributed by atoms with Crippen LogP contribution in [-0.4, -0.2) is 74.9 Å². The smallest absolute Gasteiger partial charge is 0.287 e. The van der Waals surface area contributed by atoms with Crippen LogP contribution in [0, 0.1) is 0 Å². The number of aryl methyl sites for hydroxylation is 3. The molecule has 0 radical (unpaired) electrons. The zero-order valence-electron chi connectivity index (χ0n) is 21.0. The topological polar surface area (TPSA) is 147 Å². The molecule has 13 heteroatoms. The molecule has 0 aliphatic carbocycles. The van der Waals surface area contributed by atoms with Gasteiger partial charge in [0.2, 0.25) is 12.2 Å². The first kappa shape index (κ1) is 26.2. The highest BCUT2D eigenvalue weighted by molar-refractivity contribution is 6.07. The quantitative estimate of drug-likeness (QED) is 0.228. The first-order chi connectivity index (χ1) is 17.1. The number of carbonyl (C=O) groups excluding carboxylic acids is 4. The van der Waals surface area contributed by atoms with Crippen molar-refractivity contribution in [2.24, 2.45) is 21.1 Å². The van der Waals surface area contributed by atoms with Crippen molar-refractivity contribution in [1.29, 1.82) is 0 Å². The predicted octanol–water partition coefficient (Wildman–Crippen LogP) is 0.852. The second kappa shape index (κ2) is 11.4. The van der Waals surface area contributed by atoms with Gasteiger partial charge >= 0.3 is 0 Å². The molecule has 0 bridgehead atoms. The molecule has 0 saturated carbocycles. The van der Waals surface area contributed by atoms with E-state index in [1.807, 2.05) is 19.0 Å². The van der Waals surface area contributed by atoms with E-state index in [-0.39, 0.29) is 23.2 Å². The van der Waals surface area contributed by atoms with Crippen LogP contribution in [0.5, 0.6) is 0 Å². The van der Waals surface area contributed by atoms with Gasteiger partial charge in [-0.1, -0.05) is 0 Å². The van der Waals surface area contributed by atoms with Gasteiger partial charge in [0.25, 0.3) is 17.7 Å². The Kier molecular flexibility index (Phi) is 8.27. The lowest BCUT2D eigenvalue weighted by Crippen LogP contribution is -2.29. The largest absolute Gasteiger partial charge is 0.349 e. The van der Waals surface area contributed by atoms with Crippen molar-refractivity contribution in [2.45, 2.75) is 6.42 Å². The van der Waals surface area contributed by atoms with E-state index >= 15 is 0 Å². The summed E-state index contributed by atoms with van der Waals surface area (Å²) in [5.41, 5.74) is 1.51. The number of carbonyl (C=O) groups is 4. The van der Waals surface area contributed by atoms with Crippen LogP contribution in [0.2, 0.25) is 0 Å². The first-order valence-electron chi connectivity index (χ1n) is 11.2. The van der Waals surface area contributed by atoms with Crippen LogP contribution in [0.3, 0.4) is 0 Å². The van der Waals surface area contributed by atoms with Crippen molar-refractivity contribution in [2.75, 3.05) is 43.1 Å². The van der Waals surface area contributed by atoms with Crippen LogP contribution in [0.15, 0.2) is 30.7 Å². The summed E-state index contributed by atoms with van der Waals surface area (Å²) in [7, 11) is 8.95. The van der Waals surface area contributed by atoms with E-state index in [9.17, 15) is 19.2 Å². The summed E-state index contributed by atoms with van der Waals surface area (Å²) in [6.07, 6.45) is 6.10. The highest BCUT2D eigenvalue weighted by Crippen LogP contribution is 2.18. The number of hydrogen-bond donors (Lipinski definition) is 4. The average Bonchev–Trinajstić information content (AvgIpc) is 3.47. The Morgan fingerprint density at radius 2 is 1.50 bits per heavy atom. The van der Waals surface area contributed by atoms with E-state index in [0.717, 1.165) is 13.0 Å². The second-order valence-corrected chi connectivity index (χ2v) is 8.59. The summed E-state index contributed by atoms with van der Waals surface area (Å²) >= 11 is 0. The lowest BCUT2D eigenvalue weighted by molar-refractivity contribution is -0.105. The van der Waals surface area contributed by atoms with Gasteiger partial charge < -0.3 is 39.9 Å². The third kappa shape index (κ3) is 6.39. The van der Waals surface area contributed by atoms with Crippen LogP contribution >= 0.6 is 0 Å². The Morgan fingerprint density at radius 3 is 2.14 bits per heavy atom. The van der Waals surface area contributed by atoms with Gasteiger partial charge in [-0.2, -0.15) is 0 Å². The third-order valence-electron chi connectivity index (χ3n) is 5.35. The molecule has 0 aromatic carbocycles. The summed E-state index contributed by atoms with van der Waals surface area (Å²) in [4.78, 5) is 54.8. The highest BCUT2D eigenvalue weighted by Gasteiger charge is 2.19. The van der Waals surface area contributed by atoms with Crippen LogP contribution < -0.4 is 21.3 Å². The minimum atomic E-state index is -0.453. The SMILES string of the molecule is CN(C)CCCNC(=O)c1nc(NC(=O)c2cc(NC(=O)c3cc(NC=O)cn3C)cn2C)cn1C. The van der Waals surface area contributed by atoms with Crippen LogP contribution in [0.4, 0.5) is 17.2 Å². The standard InChI is InChI=1S/C23H31N9O4/c1-29(2)8-6-7-24-23(36)20-27-19(13-32(20)5)28-22(35)18-10-16(12-31(18)4)26-21(34)17-9-15(25-14-33)11-30(17)3/h9-14H,6-8H2,1-5H3,(H,24,36)(H,25,33)(H,26,34)(H,28,35). The molecule has 0 aliphatic heterocycles. The summed E-state index contributed by atoms with van der Waals surface area (Å²) in [5.74, 6) is -0.772. The van der Waals surface area contributed by atoms with Gasteiger partial charge in [0.15, 0.2) is 5.82 Å².